The van der Waals surface area contributed by atoms with Gasteiger partial charge in [-0.3, -0.25) is 4.79 Å². The average molecular weight is 397 g/mol. The van der Waals surface area contributed by atoms with Crippen LogP contribution in [0.4, 0.5) is 5.82 Å². The fraction of sp³-hybridized carbons (Fsp3) is 0.0952. The first-order valence-corrected chi connectivity index (χ1v) is 8.82. The Morgan fingerprint density at radius 2 is 1.86 bits per heavy atom. The Labute approximate surface area is 166 Å². The number of aryl methyl sites for hydroxylation is 1. The lowest BCUT2D eigenvalue weighted by molar-refractivity contribution is -0.141. The van der Waals surface area contributed by atoms with Crippen molar-refractivity contribution in [2.45, 2.75) is 6.92 Å². The molecule has 0 atom stereocenters. The van der Waals surface area contributed by atoms with Crippen LogP contribution in [0.15, 0.2) is 65.2 Å². The topological polar surface area (TPSA) is 81.4 Å². The van der Waals surface area contributed by atoms with E-state index in [1.54, 1.807) is 43.3 Å². The number of amides is 1. The molecule has 0 bridgehead atoms. The summed E-state index contributed by atoms with van der Waals surface area (Å²) in [6.45, 7) is 1.25. The van der Waals surface area contributed by atoms with E-state index in [2.05, 4.69) is 10.5 Å². The number of esters is 1. The van der Waals surface area contributed by atoms with Crippen molar-refractivity contribution in [3.63, 3.8) is 0 Å². The van der Waals surface area contributed by atoms with Crippen LogP contribution in [0.3, 0.4) is 0 Å². The molecule has 1 aromatic heterocycles. The Balaban J connectivity index is 1.74. The lowest BCUT2D eigenvalue weighted by Gasteiger charge is -2.09. The van der Waals surface area contributed by atoms with Crippen LogP contribution in [0, 0.1) is 6.92 Å². The summed E-state index contributed by atoms with van der Waals surface area (Å²) in [5.41, 5.74) is 1.77. The molecule has 142 valence electrons. The zero-order valence-electron chi connectivity index (χ0n) is 15.0. The summed E-state index contributed by atoms with van der Waals surface area (Å²) in [5.74, 6) is -0.325. The van der Waals surface area contributed by atoms with Gasteiger partial charge in [0.05, 0.1) is 5.57 Å². The summed E-state index contributed by atoms with van der Waals surface area (Å²) >= 11 is 5.94. The van der Waals surface area contributed by atoms with Gasteiger partial charge in [-0.25, -0.2) is 4.79 Å². The summed E-state index contributed by atoms with van der Waals surface area (Å²) in [4.78, 5) is 24.6. The second kappa shape index (κ2) is 9.01. The highest BCUT2D eigenvalue weighted by Crippen LogP contribution is 2.22. The van der Waals surface area contributed by atoms with Gasteiger partial charge in [0, 0.05) is 11.1 Å². The number of nitrogens with one attached hydrogen (secondary N) is 1. The van der Waals surface area contributed by atoms with E-state index in [0.29, 0.717) is 21.9 Å². The maximum absolute atomic E-state index is 12.7. The predicted octanol–water partition coefficient (Wildman–Crippen LogP) is 4.36. The van der Waals surface area contributed by atoms with Crippen molar-refractivity contribution in [2.24, 2.45) is 0 Å². The highest BCUT2D eigenvalue weighted by molar-refractivity contribution is 6.30. The van der Waals surface area contributed by atoms with Gasteiger partial charge in [0.1, 0.15) is 5.76 Å². The Hall–Kier alpha value is -3.38. The van der Waals surface area contributed by atoms with Crippen molar-refractivity contribution in [1.29, 1.82) is 0 Å². The van der Waals surface area contributed by atoms with Crippen LogP contribution in [0.2, 0.25) is 5.02 Å². The summed E-state index contributed by atoms with van der Waals surface area (Å²) in [7, 11) is 0. The minimum atomic E-state index is -0.627. The molecule has 1 N–H and O–H groups in total. The number of aromatic nitrogens is 1. The summed E-state index contributed by atoms with van der Waals surface area (Å²) in [6.07, 6.45) is 1.70. The van der Waals surface area contributed by atoms with Gasteiger partial charge in [0.2, 0.25) is 0 Å². The number of carbonyl (C=O) groups excluding carboxylic acids is 2. The molecule has 1 amide bonds. The first-order valence-electron chi connectivity index (χ1n) is 8.44. The largest absolute Gasteiger partial charge is 0.452 e. The highest BCUT2D eigenvalue weighted by Gasteiger charge is 2.16. The number of nitrogens with zero attached hydrogens (tertiary/aromatic N) is 1. The maximum Gasteiger partial charge on any atom is 0.339 e. The molecular weight excluding hydrogens is 380 g/mol. The van der Waals surface area contributed by atoms with Gasteiger partial charge in [0.15, 0.2) is 12.4 Å². The van der Waals surface area contributed by atoms with Crippen molar-refractivity contribution >= 4 is 40.9 Å². The Bertz CT molecular complexity index is 995. The van der Waals surface area contributed by atoms with Crippen LogP contribution in [0.1, 0.15) is 16.9 Å². The Kier molecular flexibility index (Phi) is 6.24. The molecule has 0 aliphatic carbocycles. The molecule has 1 heterocycles. The van der Waals surface area contributed by atoms with Gasteiger partial charge < -0.3 is 14.6 Å². The molecule has 0 unspecified atom stereocenters. The van der Waals surface area contributed by atoms with Gasteiger partial charge in [-0.15, -0.1) is 0 Å². The third-order valence-electron chi connectivity index (χ3n) is 3.72. The van der Waals surface area contributed by atoms with Crippen molar-refractivity contribution in [3.05, 3.63) is 82.6 Å². The molecular formula is C21H17ClN2O4. The van der Waals surface area contributed by atoms with E-state index in [-0.39, 0.29) is 5.82 Å². The van der Waals surface area contributed by atoms with Crippen LogP contribution in [0.25, 0.3) is 11.6 Å². The van der Waals surface area contributed by atoms with E-state index in [4.69, 9.17) is 20.9 Å². The molecule has 28 heavy (non-hydrogen) atoms. The van der Waals surface area contributed by atoms with Gasteiger partial charge in [-0.2, -0.15) is 0 Å². The third-order valence-corrected chi connectivity index (χ3v) is 3.97. The van der Waals surface area contributed by atoms with Crippen molar-refractivity contribution in [3.8, 4) is 0 Å². The number of benzene rings is 2. The van der Waals surface area contributed by atoms with E-state index < -0.39 is 18.5 Å². The first kappa shape index (κ1) is 19.4. The van der Waals surface area contributed by atoms with Crippen molar-refractivity contribution < 1.29 is 18.8 Å². The summed E-state index contributed by atoms with van der Waals surface area (Å²) < 4.78 is 10.1. The number of hydrogen-bond acceptors (Lipinski definition) is 5. The maximum atomic E-state index is 12.7. The van der Waals surface area contributed by atoms with Crippen LogP contribution < -0.4 is 5.32 Å². The second-order valence-electron chi connectivity index (χ2n) is 5.92. The van der Waals surface area contributed by atoms with Crippen LogP contribution in [-0.2, 0) is 14.3 Å². The molecule has 0 aliphatic rings. The Morgan fingerprint density at radius 3 is 2.50 bits per heavy atom. The monoisotopic (exact) mass is 396 g/mol. The fourth-order valence-electron chi connectivity index (χ4n) is 2.42. The molecule has 2 aromatic carbocycles. The summed E-state index contributed by atoms with van der Waals surface area (Å²) in [5, 5.41) is 6.71. The number of ether oxygens (including phenoxy) is 1. The molecule has 7 heteroatoms. The smallest absolute Gasteiger partial charge is 0.339 e. The second-order valence-corrected chi connectivity index (χ2v) is 6.36. The zero-order valence-corrected chi connectivity index (χ0v) is 15.8. The van der Waals surface area contributed by atoms with E-state index in [9.17, 15) is 9.59 Å². The lowest BCUT2D eigenvalue weighted by Crippen LogP contribution is -2.21. The number of anilines is 1. The molecule has 0 saturated carbocycles. The molecule has 0 saturated heterocycles. The average Bonchev–Trinajstić information content (AvgIpc) is 3.10. The number of hydrogen-bond donors (Lipinski definition) is 1. The van der Waals surface area contributed by atoms with Gasteiger partial charge in [-0.05, 0) is 36.3 Å². The van der Waals surface area contributed by atoms with E-state index in [1.807, 2.05) is 30.3 Å². The van der Waals surface area contributed by atoms with Crippen LogP contribution in [-0.4, -0.2) is 23.6 Å². The number of halogens is 1. The minimum absolute atomic E-state index is 0.260. The minimum Gasteiger partial charge on any atom is -0.452 e. The van der Waals surface area contributed by atoms with Gasteiger partial charge >= 0.3 is 5.97 Å². The summed E-state index contributed by atoms with van der Waals surface area (Å²) in [6, 6.07) is 17.7. The van der Waals surface area contributed by atoms with Gasteiger partial charge in [-0.1, -0.05) is 59.2 Å². The lowest BCUT2D eigenvalue weighted by atomic mass is 10.0. The molecule has 6 nitrogen and oxygen atoms in total. The SMILES string of the molecule is Cc1cc(NC(=O)COC(=O)/C(=C/c2ccccc2)c2ccc(Cl)cc2)no1. The van der Waals surface area contributed by atoms with Crippen LogP contribution >= 0.6 is 11.6 Å². The molecule has 0 fully saturated rings. The quantitative estimate of drug-likeness (QED) is 0.380. The first-order chi connectivity index (χ1) is 13.5. The highest BCUT2D eigenvalue weighted by atomic mass is 35.5. The van der Waals surface area contributed by atoms with E-state index in [0.717, 1.165) is 5.56 Å². The molecule has 0 radical (unpaired) electrons. The number of carbonyl (C=O) groups is 2. The fourth-order valence-corrected chi connectivity index (χ4v) is 2.54. The Morgan fingerprint density at radius 1 is 1.14 bits per heavy atom. The van der Waals surface area contributed by atoms with Gasteiger partial charge in [0.25, 0.3) is 5.91 Å². The standard InChI is InChI=1S/C21H17ClN2O4/c1-14-11-19(24-28-14)23-20(25)13-27-21(26)18(12-15-5-3-2-4-6-15)16-7-9-17(22)10-8-16/h2-12H,13H2,1H3,(H,23,24,25)/b18-12+. The third kappa shape index (κ3) is 5.31. The zero-order chi connectivity index (χ0) is 19.9. The van der Waals surface area contributed by atoms with E-state index >= 15 is 0 Å². The van der Waals surface area contributed by atoms with Crippen molar-refractivity contribution in [1.82, 2.24) is 5.16 Å². The predicted molar refractivity (Wildman–Crippen MR) is 107 cm³/mol. The van der Waals surface area contributed by atoms with Crippen molar-refractivity contribution in [2.75, 3.05) is 11.9 Å². The van der Waals surface area contributed by atoms with Crippen LogP contribution in [0.5, 0.6) is 0 Å². The van der Waals surface area contributed by atoms with E-state index in [1.165, 1.54) is 0 Å². The molecule has 0 spiro atoms. The number of rotatable bonds is 6. The normalized spacial score (nSPS) is 11.1. The molecule has 3 aromatic rings. The molecule has 3 rings (SSSR count). The molecule has 0 aliphatic heterocycles.